The van der Waals surface area contributed by atoms with E-state index in [1.807, 2.05) is 11.8 Å². The van der Waals surface area contributed by atoms with Crippen molar-refractivity contribution in [3.63, 3.8) is 0 Å². The van der Waals surface area contributed by atoms with Gasteiger partial charge in [-0.3, -0.25) is 9.69 Å². The molecule has 0 aromatic carbocycles. The lowest BCUT2D eigenvalue weighted by Gasteiger charge is -2.33. The minimum atomic E-state index is -0.0967. The maximum atomic E-state index is 12.2. The van der Waals surface area contributed by atoms with Crippen LogP contribution in [0.4, 0.5) is 0 Å². The number of nitrogens with one attached hydrogen (secondary N) is 1. The molecule has 0 radical (unpaired) electrons. The van der Waals surface area contributed by atoms with Gasteiger partial charge >= 0.3 is 0 Å². The quantitative estimate of drug-likeness (QED) is 0.707. The molecule has 2 saturated heterocycles. The molecule has 1 atom stereocenters. The predicted octanol–water partition coefficient (Wildman–Crippen LogP) is -0.929. The number of hydrogen-bond acceptors (Lipinski definition) is 5. The van der Waals surface area contributed by atoms with Gasteiger partial charge in [0.2, 0.25) is 5.91 Å². The monoisotopic (exact) mass is 284 g/mol. The first-order chi connectivity index (χ1) is 9.66. The number of nitrogens with zero attached hydrogens (tertiary/aromatic N) is 3. The maximum Gasteiger partial charge on any atom is 0.239 e. The number of piperazine rings is 1. The lowest BCUT2D eigenvalue weighted by atomic mass is 10.2. The van der Waals surface area contributed by atoms with Gasteiger partial charge in [0.1, 0.15) is 0 Å². The van der Waals surface area contributed by atoms with E-state index in [4.69, 9.17) is 4.74 Å². The topological polar surface area (TPSA) is 48.0 Å². The molecule has 6 nitrogen and oxygen atoms in total. The molecule has 1 amide bonds. The number of likely N-dealkylation sites (N-methyl/N-ethyl adjacent to an activating group) is 1. The molecule has 2 aliphatic rings. The van der Waals surface area contributed by atoms with Crippen molar-refractivity contribution in [2.45, 2.75) is 13.0 Å². The number of rotatable bonds is 5. The van der Waals surface area contributed by atoms with Crippen molar-refractivity contribution in [2.75, 3.05) is 72.6 Å². The third-order valence-electron chi connectivity index (χ3n) is 4.17. The summed E-state index contributed by atoms with van der Waals surface area (Å²) in [6.07, 6.45) is 0. The first kappa shape index (κ1) is 15.7. The van der Waals surface area contributed by atoms with Crippen molar-refractivity contribution in [3.8, 4) is 0 Å². The van der Waals surface area contributed by atoms with Gasteiger partial charge in [-0.1, -0.05) is 0 Å². The van der Waals surface area contributed by atoms with Gasteiger partial charge in [-0.25, -0.2) is 0 Å². The van der Waals surface area contributed by atoms with Crippen LogP contribution in [0.5, 0.6) is 0 Å². The average Bonchev–Trinajstić information content (AvgIpc) is 2.49. The van der Waals surface area contributed by atoms with E-state index in [2.05, 4.69) is 22.2 Å². The fourth-order valence-electron chi connectivity index (χ4n) is 2.66. The van der Waals surface area contributed by atoms with E-state index in [-0.39, 0.29) is 11.9 Å². The number of carbonyl (C=O) groups excluding carboxylic acids is 1. The van der Waals surface area contributed by atoms with Crippen LogP contribution in [0, 0.1) is 0 Å². The highest BCUT2D eigenvalue weighted by Gasteiger charge is 2.22. The Hall–Kier alpha value is -0.690. The van der Waals surface area contributed by atoms with E-state index in [9.17, 15) is 4.79 Å². The van der Waals surface area contributed by atoms with E-state index in [1.165, 1.54) is 0 Å². The molecule has 0 aromatic heterocycles. The van der Waals surface area contributed by atoms with Gasteiger partial charge in [-0.15, -0.1) is 0 Å². The van der Waals surface area contributed by atoms with E-state index in [0.717, 1.165) is 52.4 Å². The highest BCUT2D eigenvalue weighted by molar-refractivity contribution is 5.81. The Balaban J connectivity index is 1.61. The number of hydrogen-bond donors (Lipinski definition) is 1. The molecule has 0 saturated carbocycles. The van der Waals surface area contributed by atoms with Gasteiger partial charge in [0, 0.05) is 52.4 Å². The predicted molar refractivity (Wildman–Crippen MR) is 78.8 cm³/mol. The van der Waals surface area contributed by atoms with E-state index in [0.29, 0.717) is 13.2 Å². The van der Waals surface area contributed by atoms with Crippen molar-refractivity contribution in [1.29, 1.82) is 0 Å². The summed E-state index contributed by atoms with van der Waals surface area (Å²) in [5.41, 5.74) is 0. The SMILES string of the molecule is CC(NCCN1CCN(C)CC1)C(=O)N1CCOCC1. The highest BCUT2D eigenvalue weighted by atomic mass is 16.5. The fourth-order valence-corrected chi connectivity index (χ4v) is 2.66. The van der Waals surface area contributed by atoms with E-state index in [1.54, 1.807) is 0 Å². The second kappa shape index (κ2) is 7.93. The molecule has 1 unspecified atom stereocenters. The van der Waals surface area contributed by atoms with Gasteiger partial charge in [0.25, 0.3) is 0 Å². The van der Waals surface area contributed by atoms with Crippen LogP contribution >= 0.6 is 0 Å². The second-order valence-corrected chi connectivity index (χ2v) is 5.76. The molecule has 0 bridgehead atoms. The summed E-state index contributed by atoms with van der Waals surface area (Å²) in [4.78, 5) is 18.9. The van der Waals surface area contributed by atoms with Crippen LogP contribution in [0.3, 0.4) is 0 Å². The molecule has 0 spiro atoms. The lowest BCUT2D eigenvalue weighted by Crippen LogP contribution is -2.51. The van der Waals surface area contributed by atoms with Gasteiger partial charge < -0.3 is 19.9 Å². The Kier molecular flexibility index (Phi) is 6.22. The Morgan fingerprint density at radius 2 is 1.80 bits per heavy atom. The van der Waals surface area contributed by atoms with Crippen LogP contribution < -0.4 is 5.32 Å². The normalized spacial score (nSPS) is 23.8. The molecule has 6 heteroatoms. The van der Waals surface area contributed by atoms with E-state index < -0.39 is 0 Å². The maximum absolute atomic E-state index is 12.2. The summed E-state index contributed by atoms with van der Waals surface area (Å²) in [5, 5.41) is 3.35. The van der Waals surface area contributed by atoms with E-state index >= 15 is 0 Å². The lowest BCUT2D eigenvalue weighted by molar-refractivity contribution is -0.137. The van der Waals surface area contributed by atoms with Gasteiger partial charge in [0.05, 0.1) is 19.3 Å². The molecular formula is C14H28N4O2. The van der Waals surface area contributed by atoms with Crippen molar-refractivity contribution in [3.05, 3.63) is 0 Å². The standard InChI is InChI=1S/C14H28N4O2/c1-13(14(19)18-9-11-20-12-10-18)15-3-4-17-7-5-16(2)6-8-17/h13,15H,3-12H2,1-2H3. The smallest absolute Gasteiger partial charge is 0.239 e. The zero-order chi connectivity index (χ0) is 14.4. The third kappa shape index (κ3) is 4.70. The molecular weight excluding hydrogens is 256 g/mol. The Labute approximate surface area is 122 Å². The van der Waals surface area contributed by atoms with Gasteiger partial charge in [-0.2, -0.15) is 0 Å². The fraction of sp³-hybridized carbons (Fsp3) is 0.929. The second-order valence-electron chi connectivity index (χ2n) is 5.76. The summed E-state index contributed by atoms with van der Waals surface area (Å²) in [5.74, 6) is 0.201. The van der Waals surface area contributed by atoms with Crippen molar-refractivity contribution >= 4 is 5.91 Å². The minimum absolute atomic E-state index is 0.0967. The van der Waals surface area contributed by atoms with Gasteiger partial charge in [-0.05, 0) is 14.0 Å². The molecule has 0 aromatic rings. The summed E-state index contributed by atoms with van der Waals surface area (Å²) in [6, 6.07) is -0.0967. The van der Waals surface area contributed by atoms with Crippen molar-refractivity contribution in [2.24, 2.45) is 0 Å². The average molecular weight is 284 g/mol. The van der Waals surface area contributed by atoms with Crippen molar-refractivity contribution < 1.29 is 9.53 Å². The number of carbonyl (C=O) groups is 1. The first-order valence-corrected chi connectivity index (χ1v) is 7.67. The largest absolute Gasteiger partial charge is 0.378 e. The van der Waals surface area contributed by atoms with Gasteiger partial charge in [0.15, 0.2) is 0 Å². The first-order valence-electron chi connectivity index (χ1n) is 7.67. The van der Waals surface area contributed by atoms with Crippen LogP contribution in [0.1, 0.15) is 6.92 Å². The summed E-state index contributed by atoms with van der Waals surface area (Å²) < 4.78 is 5.27. The Morgan fingerprint density at radius 3 is 2.45 bits per heavy atom. The summed E-state index contributed by atoms with van der Waals surface area (Å²) in [7, 11) is 2.17. The Morgan fingerprint density at radius 1 is 1.15 bits per heavy atom. The third-order valence-corrected chi connectivity index (χ3v) is 4.17. The Bertz CT molecular complexity index is 300. The molecule has 2 rings (SSSR count). The van der Waals surface area contributed by atoms with Crippen LogP contribution in [0.25, 0.3) is 0 Å². The zero-order valence-corrected chi connectivity index (χ0v) is 12.8. The zero-order valence-electron chi connectivity index (χ0n) is 12.8. The number of amides is 1. The molecule has 2 heterocycles. The number of ether oxygens (including phenoxy) is 1. The molecule has 1 N–H and O–H groups in total. The highest BCUT2D eigenvalue weighted by Crippen LogP contribution is 2.01. The molecule has 2 fully saturated rings. The summed E-state index contributed by atoms with van der Waals surface area (Å²) >= 11 is 0. The van der Waals surface area contributed by atoms with Crippen LogP contribution in [0.15, 0.2) is 0 Å². The number of morpholine rings is 1. The molecule has 20 heavy (non-hydrogen) atoms. The molecule has 0 aliphatic carbocycles. The summed E-state index contributed by atoms with van der Waals surface area (Å²) in [6.45, 7) is 11.2. The molecule has 2 aliphatic heterocycles. The minimum Gasteiger partial charge on any atom is -0.378 e. The van der Waals surface area contributed by atoms with Crippen LogP contribution in [0.2, 0.25) is 0 Å². The van der Waals surface area contributed by atoms with Crippen LogP contribution in [-0.4, -0.2) is 99.3 Å². The van der Waals surface area contributed by atoms with Crippen LogP contribution in [-0.2, 0) is 9.53 Å². The van der Waals surface area contributed by atoms with Crippen molar-refractivity contribution in [1.82, 2.24) is 20.0 Å². The molecule has 116 valence electrons.